The van der Waals surface area contributed by atoms with Crippen molar-refractivity contribution in [3.63, 3.8) is 0 Å². The van der Waals surface area contributed by atoms with E-state index in [2.05, 4.69) is 23.9 Å². The SMILES string of the molecule is CCNC1C(S(=O)(=O)CCC(=O)OC)CCC1(C)C. The van der Waals surface area contributed by atoms with Crippen LogP contribution in [0.15, 0.2) is 0 Å². The van der Waals surface area contributed by atoms with Crippen molar-refractivity contribution in [2.24, 2.45) is 5.41 Å². The minimum atomic E-state index is -3.27. The smallest absolute Gasteiger partial charge is 0.306 e. The van der Waals surface area contributed by atoms with Crippen LogP contribution in [0.1, 0.15) is 40.0 Å². The Morgan fingerprint density at radius 2 is 2.05 bits per heavy atom. The van der Waals surface area contributed by atoms with Crippen LogP contribution in [0, 0.1) is 5.41 Å². The second-order valence-electron chi connectivity index (χ2n) is 5.79. The van der Waals surface area contributed by atoms with E-state index in [9.17, 15) is 13.2 Å². The van der Waals surface area contributed by atoms with Crippen molar-refractivity contribution in [3.8, 4) is 0 Å². The number of sulfone groups is 1. The lowest BCUT2D eigenvalue weighted by molar-refractivity contribution is -0.140. The zero-order chi connectivity index (χ0) is 14.7. The highest BCUT2D eigenvalue weighted by molar-refractivity contribution is 7.92. The number of hydrogen-bond donors (Lipinski definition) is 1. The molecular formula is C13H25NO4S. The number of ether oxygens (including phenoxy) is 1. The van der Waals surface area contributed by atoms with Crippen molar-refractivity contribution >= 4 is 15.8 Å². The lowest BCUT2D eigenvalue weighted by Crippen LogP contribution is -2.48. The second-order valence-corrected chi connectivity index (χ2v) is 8.13. The van der Waals surface area contributed by atoms with Crippen LogP contribution < -0.4 is 5.32 Å². The van der Waals surface area contributed by atoms with Gasteiger partial charge in [0.15, 0.2) is 9.84 Å². The Morgan fingerprint density at radius 1 is 1.42 bits per heavy atom. The molecule has 1 aliphatic rings. The monoisotopic (exact) mass is 291 g/mol. The van der Waals surface area contributed by atoms with Crippen LogP contribution in [-0.4, -0.2) is 45.1 Å². The zero-order valence-electron chi connectivity index (χ0n) is 12.2. The summed E-state index contributed by atoms with van der Waals surface area (Å²) in [6, 6.07) is -0.0415. The predicted octanol–water partition coefficient (Wildman–Crippen LogP) is 1.13. The number of hydrogen-bond acceptors (Lipinski definition) is 5. The van der Waals surface area contributed by atoms with Crippen LogP contribution in [0.3, 0.4) is 0 Å². The normalized spacial score (nSPS) is 26.3. The van der Waals surface area contributed by atoms with E-state index in [0.717, 1.165) is 13.0 Å². The van der Waals surface area contributed by atoms with Crippen LogP contribution in [0.25, 0.3) is 0 Å². The van der Waals surface area contributed by atoms with Crippen LogP contribution in [0.5, 0.6) is 0 Å². The summed E-state index contributed by atoms with van der Waals surface area (Å²) in [5, 5.41) is 2.90. The third-order valence-electron chi connectivity index (χ3n) is 3.99. The maximum absolute atomic E-state index is 12.4. The first kappa shape index (κ1) is 16.4. The van der Waals surface area contributed by atoms with E-state index in [1.54, 1.807) is 0 Å². The van der Waals surface area contributed by atoms with Crippen molar-refractivity contribution in [2.75, 3.05) is 19.4 Å². The Balaban J connectivity index is 2.79. The zero-order valence-corrected chi connectivity index (χ0v) is 13.0. The van der Waals surface area contributed by atoms with Gasteiger partial charge in [-0.1, -0.05) is 20.8 Å². The molecule has 1 aliphatic carbocycles. The molecule has 0 radical (unpaired) electrons. The van der Waals surface area contributed by atoms with Gasteiger partial charge in [-0.3, -0.25) is 4.79 Å². The first-order valence-corrected chi connectivity index (χ1v) is 8.48. The van der Waals surface area contributed by atoms with Crippen molar-refractivity contribution in [1.82, 2.24) is 5.32 Å². The predicted molar refractivity (Wildman–Crippen MR) is 74.7 cm³/mol. The van der Waals surface area contributed by atoms with Gasteiger partial charge >= 0.3 is 5.97 Å². The number of carbonyl (C=O) groups is 1. The molecule has 0 aromatic rings. The Bertz CT molecular complexity index is 416. The summed E-state index contributed by atoms with van der Waals surface area (Å²) in [5.41, 5.74) is -0.0288. The summed E-state index contributed by atoms with van der Waals surface area (Å²) in [5.74, 6) is -0.594. The van der Waals surface area contributed by atoms with E-state index in [1.165, 1.54) is 7.11 Å². The van der Waals surface area contributed by atoms with Gasteiger partial charge in [0.05, 0.1) is 24.5 Å². The molecule has 1 fully saturated rings. The molecule has 5 nitrogen and oxygen atoms in total. The van der Waals surface area contributed by atoms with E-state index < -0.39 is 21.1 Å². The number of carbonyl (C=O) groups excluding carboxylic acids is 1. The lowest BCUT2D eigenvalue weighted by atomic mass is 9.87. The summed E-state index contributed by atoms with van der Waals surface area (Å²) in [4.78, 5) is 11.1. The van der Waals surface area contributed by atoms with Crippen molar-refractivity contribution < 1.29 is 17.9 Å². The molecule has 0 bridgehead atoms. The van der Waals surface area contributed by atoms with Gasteiger partial charge in [0, 0.05) is 6.04 Å². The summed E-state index contributed by atoms with van der Waals surface area (Å²) in [6.07, 6.45) is 1.48. The molecule has 2 atom stereocenters. The average molecular weight is 291 g/mol. The molecule has 2 unspecified atom stereocenters. The molecule has 1 rings (SSSR count). The summed E-state index contributed by atoms with van der Waals surface area (Å²) in [7, 11) is -2.00. The fraction of sp³-hybridized carbons (Fsp3) is 0.923. The van der Waals surface area contributed by atoms with Crippen LogP contribution >= 0.6 is 0 Å². The fourth-order valence-corrected chi connectivity index (χ4v) is 4.94. The Kier molecular flexibility index (Phi) is 5.38. The van der Waals surface area contributed by atoms with Crippen LogP contribution in [0.2, 0.25) is 0 Å². The number of rotatable bonds is 6. The third-order valence-corrected chi connectivity index (χ3v) is 6.19. The fourth-order valence-electron chi connectivity index (χ4n) is 2.83. The Morgan fingerprint density at radius 3 is 2.58 bits per heavy atom. The molecule has 1 saturated carbocycles. The quantitative estimate of drug-likeness (QED) is 0.743. The highest BCUT2D eigenvalue weighted by Gasteiger charge is 2.47. The molecule has 0 aliphatic heterocycles. The highest BCUT2D eigenvalue weighted by atomic mass is 32.2. The first-order valence-electron chi connectivity index (χ1n) is 6.76. The van der Waals surface area contributed by atoms with Gasteiger partial charge in [-0.15, -0.1) is 0 Å². The number of methoxy groups -OCH3 is 1. The van der Waals surface area contributed by atoms with E-state index >= 15 is 0 Å². The van der Waals surface area contributed by atoms with Crippen molar-refractivity contribution in [1.29, 1.82) is 0 Å². The van der Waals surface area contributed by atoms with Gasteiger partial charge in [0.2, 0.25) is 0 Å². The molecule has 0 amide bonds. The average Bonchev–Trinajstić information content (AvgIpc) is 2.63. The minimum Gasteiger partial charge on any atom is -0.469 e. The van der Waals surface area contributed by atoms with Crippen LogP contribution in [0.4, 0.5) is 0 Å². The minimum absolute atomic E-state index is 0.0288. The van der Waals surface area contributed by atoms with E-state index in [-0.39, 0.29) is 23.6 Å². The maximum atomic E-state index is 12.4. The van der Waals surface area contributed by atoms with Gasteiger partial charge in [0.1, 0.15) is 0 Å². The molecule has 1 N–H and O–H groups in total. The number of nitrogens with one attached hydrogen (secondary N) is 1. The molecule has 6 heteroatoms. The largest absolute Gasteiger partial charge is 0.469 e. The van der Waals surface area contributed by atoms with Crippen molar-refractivity contribution in [2.45, 2.75) is 51.3 Å². The maximum Gasteiger partial charge on any atom is 0.306 e. The molecule has 0 aromatic heterocycles. The molecular weight excluding hydrogens is 266 g/mol. The van der Waals surface area contributed by atoms with Crippen molar-refractivity contribution in [3.05, 3.63) is 0 Å². The third kappa shape index (κ3) is 3.92. The highest BCUT2D eigenvalue weighted by Crippen LogP contribution is 2.40. The first-order chi connectivity index (χ1) is 8.74. The van der Waals surface area contributed by atoms with Gasteiger partial charge in [0.25, 0.3) is 0 Å². The summed E-state index contributed by atoms with van der Waals surface area (Å²) in [6.45, 7) is 6.91. The number of esters is 1. The van der Waals surface area contributed by atoms with Crippen LogP contribution in [-0.2, 0) is 19.4 Å². The topological polar surface area (TPSA) is 72.5 Å². The van der Waals surface area contributed by atoms with Gasteiger partial charge in [-0.2, -0.15) is 0 Å². The van der Waals surface area contributed by atoms with E-state index in [0.29, 0.717) is 6.42 Å². The lowest BCUT2D eigenvalue weighted by Gasteiger charge is -2.31. The molecule has 0 saturated heterocycles. The molecule has 0 spiro atoms. The molecule has 0 heterocycles. The Hall–Kier alpha value is -0.620. The van der Waals surface area contributed by atoms with E-state index in [1.807, 2.05) is 6.92 Å². The molecule has 19 heavy (non-hydrogen) atoms. The van der Waals surface area contributed by atoms with Gasteiger partial charge in [-0.25, -0.2) is 8.42 Å². The second kappa shape index (κ2) is 6.22. The van der Waals surface area contributed by atoms with Gasteiger partial charge in [-0.05, 0) is 24.8 Å². The Labute approximate surface area is 116 Å². The standard InChI is InChI=1S/C13H25NO4S/c1-5-14-12-10(6-8-13(12,2)3)19(16,17)9-7-11(15)18-4/h10,12,14H,5-9H2,1-4H3. The molecule has 112 valence electrons. The summed E-state index contributed by atoms with van der Waals surface area (Å²) >= 11 is 0. The van der Waals surface area contributed by atoms with E-state index in [4.69, 9.17) is 0 Å². The molecule has 0 aromatic carbocycles. The van der Waals surface area contributed by atoms with Gasteiger partial charge < -0.3 is 10.1 Å². The summed E-state index contributed by atoms with van der Waals surface area (Å²) < 4.78 is 29.3.